The number of aromatic nitrogens is 2. The number of hydrazine groups is 1. The van der Waals surface area contributed by atoms with Crippen LogP contribution >= 0.6 is 0 Å². The Hall–Kier alpha value is -3.99. The molecule has 2 N–H and O–H groups in total. The molecule has 1 aromatic carbocycles. The van der Waals surface area contributed by atoms with Crippen molar-refractivity contribution in [1.29, 1.82) is 0 Å². The van der Waals surface area contributed by atoms with E-state index in [9.17, 15) is 9.59 Å². The van der Waals surface area contributed by atoms with Gasteiger partial charge in [-0.15, -0.1) is 11.7 Å². The SMILES string of the molecule is C=CCN1C(=O)C2C=NC(Nc3ccc(N4CCC5(CCNCC5)CC4)cc3)=NC2N1c1ccc(=O)n(C(C)C)n1. The fourth-order valence-corrected chi connectivity index (χ4v) is 6.40. The van der Waals surface area contributed by atoms with Crippen molar-refractivity contribution < 1.29 is 4.79 Å². The lowest BCUT2D eigenvalue weighted by molar-refractivity contribution is -0.129. The summed E-state index contributed by atoms with van der Waals surface area (Å²) in [5.41, 5.74) is 2.43. The van der Waals surface area contributed by atoms with Crippen LogP contribution in [0.25, 0.3) is 0 Å². The highest BCUT2D eigenvalue weighted by atomic mass is 16.2. The maximum atomic E-state index is 13.3. The Bertz CT molecular complexity index is 1400. The Morgan fingerprint density at radius 1 is 1.07 bits per heavy atom. The minimum atomic E-state index is -0.581. The van der Waals surface area contributed by atoms with E-state index in [0.717, 1.165) is 31.9 Å². The molecule has 0 saturated carbocycles. The molecule has 41 heavy (non-hydrogen) atoms. The van der Waals surface area contributed by atoms with E-state index in [1.54, 1.807) is 28.4 Å². The molecule has 4 aliphatic rings. The normalized spacial score (nSPS) is 23.6. The van der Waals surface area contributed by atoms with Crippen LogP contribution in [0.2, 0.25) is 0 Å². The molecule has 11 heteroatoms. The summed E-state index contributed by atoms with van der Waals surface area (Å²) in [6.07, 6.45) is 7.82. The van der Waals surface area contributed by atoms with Crippen molar-refractivity contribution >= 4 is 35.3 Å². The molecular weight excluding hydrogens is 518 g/mol. The zero-order valence-corrected chi connectivity index (χ0v) is 23.9. The number of benzene rings is 1. The molecule has 4 aliphatic heterocycles. The van der Waals surface area contributed by atoms with Crippen molar-refractivity contribution in [3.63, 3.8) is 0 Å². The number of guanidine groups is 1. The van der Waals surface area contributed by atoms with Crippen LogP contribution in [0.15, 0.2) is 63.8 Å². The summed E-state index contributed by atoms with van der Waals surface area (Å²) < 4.78 is 1.41. The van der Waals surface area contributed by atoms with Gasteiger partial charge in [0, 0.05) is 36.7 Å². The van der Waals surface area contributed by atoms with Gasteiger partial charge in [0.15, 0.2) is 12.0 Å². The topological polar surface area (TPSA) is 110 Å². The first-order valence-corrected chi connectivity index (χ1v) is 14.6. The second-order valence-electron chi connectivity index (χ2n) is 11.7. The molecule has 3 fully saturated rings. The van der Waals surface area contributed by atoms with E-state index in [1.807, 2.05) is 13.8 Å². The molecule has 216 valence electrons. The van der Waals surface area contributed by atoms with E-state index < -0.39 is 12.1 Å². The number of nitrogens with zero attached hydrogens (tertiary/aromatic N) is 7. The predicted molar refractivity (Wildman–Crippen MR) is 163 cm³/mol. The van der Waals surface area contributed by atoms with Gasteiger partial charge in [0.25, 0.3) is 11.5 Å². The van der Waals surface area contributed by atoms with Crippen molar-refractivity contribution in [2.24, 2.45) is 21.3 Å². The van der Waals surface area contributed by atoms with Crippen molar-refractivity contribution in [3.8, 4) is 0 Å². The highest BCUT2D eigenvalue weighted by Crippen LogP contribution is 2.40. The number of anilines is 3. The van der Waals surface area contributed by atoms with E-state index in [-0.39, 0.29) is 24.1 Å². The van der Waals surface area contributed by atoms with Gasteiger partial charge in [-0.2, -0.15) is 0 Å². The number of nitrogens with one attached hydrogen (secondary N) is 2. The molecule has 2 atom stereocenters. The van der Waals surface area contributed by atoms with E-state index >= 15 is 0 Å². The van der Waals surface area contributed by atoms with Gasteiger partial charge in [-0.3, -0.25) is 9.59 Å². The first-order valence-electron chi connectivity index (χ1n) is 14.6. The van der Waals surface area contributed by atoms with E-state index in [2.05, 4.69) is 56.5 Å². The molecule has 0 bridgehead atoms. The third-order valence-electron chi connectivity index (χ3n) is 8.80. The van der Waals surface area contributed by atoms with Crippen molar-refractivity contribution in [3.05, 3.63) is 59.4 Å². The van der Waals surface area contributed by atoms with Crippen molar-refractivity contribution in [2.75, 3.05) is 47.9 Å². The summed E-state index contributed by atoms with van der Waals surface area (Å²) in [7, 11) is 0. The van der Waals surface area contributed by atoms with Crippen LogP contribution in [0.4, 0.5) is 17.2 Å². The number of piperidine rings is 2. The van der Waals surface area contributed by atoms with Gasteiger partial charge in [-0.25, -0.2) is 24.7 Å². The van der Waals surface area contributed by atoms with E-state index in [1.165, 1.54) is 42.1 Å². The summed E-state index contributed by atoms with van der Waals surface area (Å²) in [4.78, 5) is 37.5. The molecule has 0 aliphatic carbocycles. The number of hydrogen-bond donors (Lipinski definition) is 2. The first kappa shape index (κ1) is 27.2. The molecule has 5 heterocycles. The number of amides is 1. The minimum absolute atomic E-state index is 0.128. The van der Waals surface area contributed by atoms with Crippen LogP contribution in [-0.4, -0.2) is 71.8 Å². The molecule has 2 aromatic rings. The lowest BCUT2D eigenvalue weighted by Gasteiger charge is -2.45. The zero-order chi connectivity index (χ0) is 28.6. The van der Waals surface area contributed by atoms with E-state index in [4.69, 9.17) is 4.99 Å². The van der Waals surface area contributed by atoms with Crippen LogP contribution in [0.1, 0.15) is 45.6 Å². The molecule has 1 spiro atoms. The van der Waals surface area contributed by atoms with Crippen LogP contribution in [0, 0.1) is 11.3 Å². The fraction of sp³-hybridized carbons (Fsp3) is 0.500. The van der Waals surface area contributed by atoms with Gasteiger partial charge in [0.05, 0.1) is 12.6 Å². The highest BCUT2D eigenvalue weighted by Gasteiger charge is 2.48. The zero-order valence-electron chi connectivity index (χ0n) is 23.9. The van der Waals surface area contributed by atoms with Crippen LogP contribution in [-0.2, 0) is 4.79 Å². The van der Waals surface area contributed by atoms with Crippen LogP contribution < -0.4 is 26.1 Å². The quantitative estimate of drug-likeness (QED) is 0.526. The maximum absolute atomic E-state index is 13.3. The maximum Gasteiger partial charge on any atom is 0.267 e. The lowest BCUT2D eigenvalue weighted by Crippen LogP contribution is -2.45. The Morgan fingerprint density at radius 2 is 1.80 bits per heavy atom. The van der Waals surface area contributed by atoms with Gasteiger partial charge in [0.1, 0.15) is 5.92 Å². The Balaban J connectivity index is 1.18. The molecule has 6 rings (SSSR count). The third-order valence-corrected chi connectivity index (χ3v) is 8.80. The van der Waals surface area contributed by atoms with Crippen LogP contribution in [0.5, 0.6) is 0 Å². The molecule has 1 amide bonds. The Labute approximate surface area is 240 Å². The number of fused-ring (bicyclic) bond motifs is 1. The van der Waals surface area contributed by atoms with Gasteiger partial charge < -0.3 is 15.5 Å². The average molecular weight is 558 g/mol. The fourth-order valence-electron chi connectivity index (χ4n) is 6.40. The van der Waals surface area contributed by atoms with Crippen LogP contribution in [0.3, 0.4) is 0 Å². The molecular formula is C30H39N9O2. The smallest absolute Gasteiger partial charge is 0.267 e. The van der Waals surface area contributed by atoms with Crippen molar-refractivity contribution in [2.45, 2.75) is 51.7 Å². The number of hydrogen-bond acceptors (Lipinski definition) is 9. The lowest BCUT2D eigenvalue weighted by atomic mass is 9.71. The highest BCUT2D eigenvalue weighted by molar-refractivity contribution is 6.07. The molecule has 11 nitrogen and oxygen atoms in total. The standard InChI is InChI=1S/C30H39N9O2/c1-4-17-37-28(41)24-20-32-29(34-27(24)39(37)25-9-10-26(40)38(35-25)21(2)3)33-22-5-7-23(8-6-22)36-18-13-30(14-19-36)11-15-31-16-12-30/h4-10,20-21,24,27,31H,1,11-19H2,2-3H3,(H,33,34). The van der Waals surface area contributed by atoms with Crippen molar-refractivity contribution in [1.82, 2.24) is 20.1 Å². The summed E-state index contributed by atoms with van der Waals surface area (Å²) in [6.45, 7) is 12.4. The molecule has 2 unspecified atom stereocenters. The molecule has 0 radical (unpaired) electrons. The Morgan fingerprint density at radius 3 is 2.49 bits per heavy atom. The van der Waals surface area contributed by atoms with E-state index in [0.29, 0.717) is 17.2 Å². The van der Waals surface area contributed by atoms with Gasteiger partial charge in [-0.05, 0) is 88.4 Å². The van der Waals surface area contributed by atoms with Gasteiger partial charge >= 0.3 is 0 Å². The number of carbonyl (C=O) groups is 1. The third kappa shape index (κ3) is 5.26. The monoisotopic (exact) mass is 557 g/mol. The first-order chi connectivity index (χ1) is 19.9. The summed E-state index contributed by atoms with van der Waals surface area (Å²) in [5, 5.41) is 14.7. The molecule has 1 aromatic heterocycles. The number of rotatable bonds is 6. The molecule has 3 saturated heterocycles. The second-order valence-corrected chi connectivity index (χ2v) is 11.7. The summed E-state index contributed by atoms with van der Waals surface area (Å²) in [5.74, 6) is 0.186. The van der Waals surface area contributed by atoms with Gasteiger partial charge in [0.2, 0.25) is 5.96 Å². The summed E-state index contributed by atoms with van der Waals surface area (Å²) >= 11 is 0. The second kappa shape index (κ2) is 11.1. The number of carbonyl (C=O) groups excluding carboxylic acids is 1. The Kier molecular flexibility index (Phi) is 7.37. The average Bonchev–Trinajstić information content (AvgIpc) is 3.25. The predicted octanol–water partition coefficient (Wildman–Crippen LogP) is 3.04. The largest absolute Gasteiger partial charge is 0.371 e. The number of aliphatic imine (C=N–C) groups is 2. The van der Waals surface area contributed by atoms with Gasteiger partial charge in [-0.1, -0.05) is 6.08 Å². The minimum Gasteiger partial charge on any atom is -0.371 e. The summed E-state index contributed by atoms with van der Waals surface area (Å²) in [6, 6.07) is 11.4.